The van der Waals surface area contributed by atoms with E-state index in [0.717, 1.165) is 44.2 Å². The Bertz CT molecular complexity index is 477. The monoisotopic (exact) mass is 307 g/mol. The fourth-order valence-electron chi connectivity index (χ4n) is 3.14. The lowest BCUT2D eigenvalue weighted by atomic mass is 10.1. The van der Waals surface area contributed by atoms with Crippen molar-refractivity contribution in [3.63, 3.8) is 0 Å². The third kappa shape index (κ3) is 3.69. The van der Waals surface area contributed by atoms with Gasteiger partial charge in [0.1, 0.15) is 0 Å². The maximum Gasteiger partial charge on any atom is 0.224 e. The summed E-state index contributed by atoms with van der Waals surface area (Å²) in [5.41, 5.74) is 1.18. The predicted octanol–water partition coefficient (Wildman–Crippen LogP) is 2.13. The predicted molar refractivity (Wildman–Crippen MR) is 85.9 cm³/mol. The molecule has 3 rings (SSSR count). The van der Waals surface area contributed by atoms with E-state index in [1.54, 1.807) is 0 Å². The van der Waals surface area contributed by atoms with Crippen LogP contribution in [0.25, 0.3) is 0 Å². The van der Waals surface area contributed by atoms with Crippen LogP contribution in [0.15, 0.2) is 24.3 Å². The second kappa shape index (κ2) is 6.67. The maximum atomic E-state index is 12.3. The smallest absolute Gasteiger partial charge is 0.224 e. The molecule has 21 heavy (non-hydrogen) atoms. The Morgan fingerprint density at radius 3 is 2.52 bits per heavy atom. The fraction of sp³-hybridized carbons (Fsp3) is 0.562. The summed E-state index contributed by atoms with van der Waals surface area (Å²) < 4.78 is 0. The number of nitrogens with zero attached hydrogens (tertiary/aromatic N) is 2. The van der Waals surface area contributed by atoms with Crippen LogP contribution in [-0.4, -0.2) is 49.6 Å². The van der Waals surface area contributed by atoms with Gasteiger partial charge in [0.25, 0.3) is 0 Å². The van der Waals surface area contributed by atoms with E-state index in [0.29, 0.717) is 18.4 Å². The van der Waals surface area contributed by atoms with Crippen LogP contribution in [0.3, 0.4) is 0 Å². The van der Waals surface area contributed by atoms with Crippen molar-refractivity contribution >= 4 is 23.2 Å². The molecule has 2 fully saturated rings. The average Bonchev–Trinajstić information content (AvgIpc) is 3.01. The number of hydrogen-bond acceptors (Lipinski definition) is 3. The SMILES string of the molecule is O=C(CC1CCCN1)N1CCN(c2ccc(Cl)cc2)CC1. The second-order valence-corrected chi connectivity index (χ2v) is 6.28. The first-order valence-electron chi connectivity index (χ1n) is 7.74. The van der Waals surface area contributed by atoms with Gasteiger partial charge < -0.3 is 15.1 Å². The van der Waals surface area contributed by atoms with Gasteiger partial charge in [-0.1, -0.05) is 11.6 Å². The zero-order valence-corrected chi connectivity index (χ0v) is 13.0. The highest BCUT2D eigenvalue weighted by atomic mass is 35.5. The largest absolute Gasteiger partial charge is 0.368 e. The van der Waals surface area contributed by atoms with E-state index < -0.39 is 0 Å². The topological polar surface area (TPSA) is 35.6 Å². The van der Waals surface area contributed by atoms with Crippen LogP contribution >= 0.6 is 11.6 Å². The lowest BCUT2D eigenvalue weighted by molar-refractivity contribution is -0.131. The Hall–Kier alpha value is -1.26. The van der Waals surface area contributed by atoms with Gasteiger partial charge in [0.15, 0.2) is 0 Å². The molecule has 1 unspecified atom stereocenters. The highest BCUT2D eigenvalue weighted by Crippen LogP contribution is 2.20. The van der Waals surface area contributed by atoms with E-state index in [2.05, 4.69) is 10.2 Å². The van der Waals surface area contributed by atoms with Crippen LogP contribution in [0.4, 0.5) is 5.69 Å². The zero-order chi connectivity index (χ0) is 14.7. The lowest BCUT2D eigenvalue weighted by Crippen LogP contribution is -2.49. The normalized spacial score (nSPS) is 22.6. The minimum atomic E-state index is 0.296. The standard InChI is InChI=1S/C16H22ClN3O/c17-13-3-5-15(6-4-13)19-8-10-20(11-9-19)16(21)12-14-2-1-7-18-14/h3-6,14,18H,1-2,7-12H2. The van der Waals surface area contributed by atoms with Crippen LogP contribution in [0.1, 0.15) is 19.3 Å². The molecule has 1 amide bonds. The Labute approximate surface area is 131 Å². The summed E-state index contributed by atoms with van der Waals surface area (Å²) in [5, 5.41) is 4.16. The molecule has 0 bridgehead atoms. The molecule has 0 spiro atoms. The molecule has 2 heterocycles. The van der Waals surface area contributed by atoms with Crippen LogP contribution < -0.4 is 10.2 Å². The molecule has 1 aromatic rings. The summed E-state index contributed by atoms with van der Waals surface area (Å²) in [6.07, 6.45) is 2.99. The van der Waals surface area contributed by atoms with Crippen LogP contribution in [0.2, 0.25) is 5.02 Å². The van der Waals surface area contributed by atoms with E-state index in [4.69, 9.17) is 11.6 Å². The van der Waals surface area contributed by atoms with E-state index in [1.807, 2.05) is 29.2 Å². The number of rotatable bonds is 3. The summed E-state index contributed by atoms with van der Waals surface area (Å²) in [6, 6.07) is 8.32. The minimum Gasteiger partial charge on any atom is -0.368 e. The number of carbonyl (C=O) groups is 1. The molecule has 1 aromatic carbocycles. The highest BCUT2D eigenvalue weighted by Gasteiger charge is 2.24. The van der Waals surface area contributed by atoms with E-state index >= 15 is 0 Å². The van der Waals surface area contributed by atoms with Gasteiger partial charge in [-0.25, -0.2) is 0 Å². The molecule has 2 saturated heterocycles. The van der Waals surface area contributed by atoms with Crippen molar-refractivity contribution in [1.29, 1.82) is 0 Å². The molecular formula is C16H22ClN3O. The van der Waals surface area contributed by atoms with Crippen molar-refractivity contribution in [3.8, 4) is 0 Å². The Kier molecular flexibility index (Phi) is 4.66. The number of amides is 1. The number of carbonyl (C=O) groups excluding carboxylic acids is 1. The van der Waals surface area contributed by atoms with Gasteiger partial charge in [0.05, 0.1) is 0 Å². The fourth-order valence-corrected chi connectivity index (χ4v) is 3.26. The molecule has 0 saturated carbocycles. The Morgan fingerprint density at radius 1 is 1.19 bits per heavy atom. The van der Waals surface area contributed by atoms with Gasteiger partial charge in [0, 0.05) is 49.4 Å². The number of hydrogen-bond donors (Lipinski definition) is 1. The molecule has 4 nitrogen and oxygen atoms in total. The van der Waals surface area contributed by atoms with Crippen LogP contribution in [0.5, 0.6) is 0 Å². The van der Waals surface area contributed by atoms with Crippen LogP contribution in [0, 0.1) is 0 Å². The molecule has 2 aliphatic heterocycles. The number of nitrogens with one attached hydrogen (secondary N) is 1. The molecule has 5 heteroatoms. The van der Waals surface area contributed by atoms with Gasteiger partial charge in [-0.15, -0.1) is 0 Å². The maximum absolute atomic E-state index is 12.3. The van der Waals surface area contributed by atoms with Gasteiger partial charge >= 0.3 is 0 Å². The molecule has 0 radical (unpaired) electrons. The second-order valence-electron chi connectivity index (χ2n) is 5.84. The van der Waals surface area contributed by atoms with Crippen molar-refractivity contribution in [3.05, 3.63) is 29.3 Å². The van der Waals surface area contributed by atoms with Crippen molar-refractivity contribution in [1.82, 2.24) is 10.2 Å². The number of piperazine rings is 1. The van der Waals surface area contributed by atoms with Crippen molar-refractivity contribution < 1.29 is 4.79 Å². The number of anilines is 1. The Morgan fingerprint density at radius 2 is 1.90 bits per heavy atom. The van der Waals surface area contributed by atoms with Crippen LogP contribution in [-0.2, 0) is 4.79 Å². The van der Waals surface area contributed by atoms with E-state index in [-0.39, 0.29) is 0 Å². The summed E-state index contributed by atoms with van der Waals surface area (Å²) in [5.74, 6) is 0.296. The van der Waals surface area contributed by atoms with Crippen molar-refractivity contribution in [2.75, 3.05) is 37.6 Å². The van der Waals surface area contributed by atoms with Crippen molar-refractivity contribution in [2.45, 2.75) is 25.3 Å². The quantitative estimate of drug-likeness (QED) is 0.929. The molecule has 1 N–H and O–H groups in total. The summed E-state index contributed by atoms with van der Waals surface area (Å²) in [4.78, 5) is 16.6. The summed E-state index contributed by atoms with van der Waals surface area (Å²) in [7, 11) is 0. The molecule has 2 aliphatic rings. The summed E-state index contributed by atoms with van der Waals surface area (Å²) >= 11 is 5.92. The third-order valence-corrected chi connectivity index (χ3v) is 4.66. The van der Waals surface area contributed by atoms with Crippen molar-refractivity contribution in [2.24, 2.45) is 0 Å². The summed E-state index contributed by atoms with van der Waals surface area (Å²) in [6.45, 7) is 4.47. The van der Waals surface area contributed by atoms with Gasteiger partial charge in [-0.2, -0.15) is 0 Å². The van der Waals surface area contributed by atoms with Gasteiger partial charge in [0.2, 0.25) is 5.91 Å². The Balaban J connectivity index is 1.50. The van der Waals surface area contributed by atoms with E-state index in [9.17, 15) is 4.79 Å². The average molecular weight is 308 g/mol. The molecule has 0 aromatic heterocycles. The minimum absolute atomic E-state index is 0.296. The molecule has 114 valence electrons. The lowest BCUT2D eigenvalue weighted by Gasteiger charge is -2.36. The zero-order valence-electron chi connectivity index (χ0n) is 12.2. The van der Waals surface area contributed by atoms with Gasteiger partial charge in [-0.3, -0.25) is 4.79 Å². The highest BCUT2D eigenvalue weighted by molar-refractivity contribution is 6.30. The first-order chi connectivity index (χ1) is 10.2. The number of halogens is 1. The van der Waals surface area contributed by atoms with Gasteiger partial charge in [-0.05, 0) is 43.7 Å². The molecule has 1 atom stereocenters. The molecular weight excluding hydrogens is 286 g/mol. The number of benzene rings is 1. The first-order valence-corrected chi connectivity index (χ1v) is 8.12. The molecule has 0 aliphatic carbocycles. The third-order valence-electron chi connectivity index (χ3n) is 4.41. The van der Waals surface area contributed by atoms with E-state index in [1.165, 1.54) is 12.1 Å². The first kappa shape index (κ1) is 14.7.